The highest BCUT2D eigenvalue weighted by molar-refractivity contribution is 5.69. The monoisotopic (exact) mass is 964 g/mol. The van der Waals surface area contributed by atoms with Gasteiger partial charge in [-0.1, -0.05) is 155 Å². The quantitative estimate of drug-likeness (QED) is 0.0377. The van der Waals surface area contributed by atoms with E-state index in [0.29, 0.717) is 24.2 Å². The average Bonchev–Trinajstić information content (AvgIpc) is 3.69. The van der Waals surface area contributed by atoms with Crippen LogP contribution in [0.4, 0.5) is 0 Å². The first kappa shape index (κ1) is 59.9. The van der Waals surface area contributed by atoms with E-state index in [9.17, 15) is 14.7 Å². The zero-order chi connectivity index (χ0) is 49.9. The Morgan fingerprint density at radius 2 is 1.26 bits per heavy atom. The van der Waals surface area contributed by atoms with Crippen molar-refractivity contribution in [1.82, 2.24) is 4.90 Å². The van der Waals surface area contributed by atoms with Crippen LogP contribution in [0, 0.1) is 46.3 Å². The van der Waals surface area contributed by atoms with Crippen molar-refractivity contribution in [1.29, 1.82) is 0 Å². The summed E-state index contributed by atoms with van der Waals surface area (Å²) in [6.45, 7) is 22.7. The number of carbonyl (C=O) groups excluding carboxylic acids is 2. The van der Waals surface area contributed by atoms with E-state index in [4.69, 9.17) is 9.47 Å². The van der Waals surface area contributed by atoms with Crippen molar-refractivity contribution in [3.05, 3.63) is 23.3 Å². The SMILES string of the molecule is C/C=C(\CCC(C)C1CCC2C3CC=C4CC(OC(=O)CCCCCN(CCCCO)CCCCCCC(=O)OC(CCCCCCCC)CCCCCCCC)CCC4(C)C3CCC12C)C(C)C. The fourth-order valence-corrected chi connectivity index (χ4v) is 14.6. The maximum Gasteiger partial charge on any atom is 0.306 e. The second-order valence-electron chi connectivity index (χ2n) is 24.3. The van der Waals surface area contributed by atoms with Crippen molar-refractivity contribution in [3.63, 3.8) is 0 Å². The zero-order valence-electron chi connectivity index (χ0n) is 46.9. The summed E-state index contributed by atoms with van der Waals surface area (Å²) < 4.78 is 12.3. The first-order chi connectivity index (χ1) is 33.4. The fourth-order valence-electron chi connectivity index (χ4n) is 14.6. The number of hydrogen-bond donors (Lipinski definition) is 1. The van der Waals surface area contributed by atoms with Crippen LogP contribution in [0.2, 0.25) is 0 Å². The summed E-state index contributed by atoms with van der Waals surface area (Å²) in [6, 6.07) is 0. The van der Waals surface area contributed by atoms with Gasteiger partial charge >= 0.3 is 11.9 Å². The standard InChI is InChI=1S/C63H113NO5/c1-9-12-14-16-18-23-31-54(32-24-19-17-15-13-10-2)68-60(66)33-25-20-21-27-45-64(47-29-30-48-65)46-28-22-26-34-61(67)69-55-41-43-62(7)53(49-55)37-38-56-58-40-39-57(63(58,8)44-42-59(56)62)51(6)35-36-52(11-3)50(4)5/h11,37,50-51,54-59,65H,9-10,12-36,38-49H2,1-8H3/b52-11+. The highest BCUT2D eigenvalue weighted by Gasteiger charge is 2.59. The molecule has 0 aromatic rings. The molecule has 3 saturated carbocycles. The molecule has 1 N–H and O–H groups in total. The van der Waals surface area contributed by atoms with Crippen LogP contribution in [-0.4, -0.2) is 60.4 Å². The molecule has 6 heteroatoms. The number of carbonyl (C=O) groups is 2. The van der Waals surface area contributed by atoms with Crippen LogP contribution in [0.25, 0.3) is 0 Å². The van der Waals surface area contributed by atoms with Gasteiger partial charge in [-0.15, -0.1) is 0 Å². The summed E-state index contributed by atoms with van der Waals surface area (Å²) in [4.78, 5) is 28.7. The molecule has 4 aliphatic rings. The number of ether oxygens (including phenoxy) is 2. The summed E-state index contributed by atoms with van der Waals surface area (Å²) in [5, 5.41) is 9.45. The molecule has 4 aliphatic carbocycles. The van der Waals surface area contributed by atoms with E-state index in [-0.39, 0.29) is 36.2 Å². The van der Waals surface area contributed by atoms with Crippen LogP contribution in [0.1, 0.15) is 280 Å². The molecule has 0 bridgehead atoms. The summed E-state index contributed by atoms with van der Waals surface area (Å²) in [5.41, 5.74) is 4.01. The third kappa shape index (κ3) is 19.9. The van der Waals surface area contributed by atoms with Gasteiger partial charge < -0.3 is 19.5 Å². The molecule has 0 amide bonds. The van der Waals surface area contributed by atoms with E-state index >= 15 is 0 Å². The smallest absolute Gasteiger partial charge is 0.306 e. The number of aliphatic hydroxyl groups excluding tert-OH is 1. The van der Waals surface area contributed by atoms with Crippen molar-refractivity contribution >= 4 is 11.9 Å². The minimum Gasteiger partial charge on any atom is -0.462 e. The molecule has 0 aliphatic heterocycles. The maximum absolute atomic E-state index is 13.2. The third-order valence-electron chi connectivity index (χ3n) is 19.0. The number of hydrogen-bond acceptors (Lipinski definition) is 6. The number of aliphatic hydroxyl groups is 1. The van der Waals surface area contributed by atoms with Crippen molar-refractivity contribution in [2.24, 2.45) is 46.3 Å². The average molecular weight is 965 g/mol. The Balaban J connectivity index is 1.11. The van der Waals surface area contributed by atoms with Crippen molar-refractivity contribution in [2.45, 2.75) is 292 Å². The van der Waals surface area contributed by atoms with Gasteiger partial charge in [0.15, 0.2) is 0 Å². The van der Waals surface area contributed by atoms with Gasteiger partial charge in [-0.05, 0) is 195 Å². The normalized spacial score (nSPS) is 26.2. The Morgan fingerprint density at radius 3 is 1.88 bits per heavy atom. The molecule has 0 radical (unpaired) electrons. The molecule has 6 nitrogen and oxygen atoms in total. The van der Waals surface area contributed by atoms with Gasteiger partial charge in [0.2, 0.25) is 0 Å². The van der Waals surface area contributed by atoms with E-state index in [1.165, 1.54) is 128 Å². The highest BCUT2D eigenvalue weighted by atomic mass is 16.5. The van der Waals surface area contributed by atoms with Crippen LogP contribution >= 0.6 is 0 Å². The van der Waals surface area contributed by atoms with E-state index in [1.54, 1.807) is 11.1 Å². The molecule has 0 saturated heterocycles. The third-order valence-corrected chi connectivity index (χ3v) is 19.0. The number of esters is 2. The first-order valence-corrected chi connectivity index (χ1v) is 30.5. The zero-order valence-corrected chi connectivity index (χ0v) is 46.9. The van der Waals surface area contributed by atoms with E-state index in [0.717, 1.165) is 133 Å². The number of nitrogens with zero attached hydrogens (tertiary/aromatic N) is 1. The minimum absolute atomic E-state index is 0.00203. The first-order valence-electron chi connectivity index (χ1n) is 30.5. The Morgan fingerprint density at radius 1 is 0.681 bits per heavy atom. The van der Waals surface area contributed by atoms with E-state index in [1.807, 2.05) is 0 Å². The topological polar surface area (TPSA) is 76.1 Å². The lowest BCUT2D eigenvalue weighted by Gasteiger charge is -2.58. The summed E-state index contributed by atoms with van der Waals surface area (Å²) >= 11 is 0. The molecule has 0 heterocycles. The van der Waals surface area contributed by atoms with Gasteiger partial charge in [-0.3, -0.25) is 9.59 Å². The Kier molecular flexibility index (Phi) is 28.8. The number of allylic oxidation sites excluding steroid dienone is 3. The van der Waals surface area contributed by atoms with Crippen LogP contribution in [-0.2, 0) is 19.1 Å². The summed E-state index contributed by atoms with van der Waals surface area (Å²) in [6.07, 6.45) is 45.3. The molecule has 4 rings (SSSR count). The van der Waals surface area contributed by atoms with Gasteiger partial charge in [0.25, 0.3) is 0 Å². The second kappa shape index (κ2) is 33.2. The van der Waals surface area contributed by atoms with Crippen molar-refractivity contribution in [2.75, 3.05) is 26.2 Å². The number of unbranched alkanes of at least 4 members (excludes halogenated alkanes) is 16. The fraction of sp³-hybridized carbons (Fsp3) is 0.905. The minimum atomic E-state index is 0.00203. The van der Waals surface area contributed by atoms with Gasteiger partial charge in [0, 0.05) is 25.9 Å². The molecular formula is C63H113NO5. The van der Waals surface area contributed by atoms with Gasteiger partial charge in [0.05, 0.1) is 0 Å². The van der Waals surface area contributed by atoms with Crippen LogP contribution in [0.5, 0.6) is 0 Å². The van der Waals surface area contributed by atoms with E-state index < -0.39 is 0 Å². The molecule has 3 fully saturated rings. The summed E-state index contributed by atoms with van der Waals surface area (Å²) in [5.74, 6) is 4.80. The lowest BCUT2D eigenvalue weighted by Crippen LogP contribution is -2.51. The number of fused-ring (bicyclic) bond motifs is 5. The lowest BCUT2D eigenvalue weighted by atomic mass is 9.47. The molecule has 8 atom stereocenters. The Bertz CT molecular complexity index is 1450. The van der Waals surface area contributed by atoms with Gasteiger partial charge in [-0.25, -0.2) is 0 Å². The maximum atomic E-state index is 13.2. The molecule has 0 aromatic heterocycles. The molecule has 400 valence electrons. The van der Waals surface area contributed by atoms with Crippen LogP contribution < -0.4 is 0 Å². The lowest BCUT2D eigenvalue weighted by molar-refractivity contribution is -0.152. The van der Waals surface area contributed by atoms with Gasteiger partial charge in [-0.2, -0.15) is 0 Å². The number of rotatable bonds is 38. The van der Waals surface area contributed by atoms with Crippen molar-refractivity contribution in [3.8, 4) is 0 Å². The Hall–Kier alpha value is -1.66. The van der Waals surface area contributed by atoms with Crippen molar-refractivity contribution < 1.29 is 24.2 Å². The molecular weight excluding hydrogens is 851 g/mol. The largest absolute Gasteiger partial charge is 0.462 e. The molecule has 8 unspecified atom stereocenters. The Labute approximate surface area is 427 Å². The molecule has 0 aromatic carbocycles. The van der Waals surface area contributed by atoms with E-state index in [2.05, 4.69) is 72.4 Å². The predicted octanol–water partition coefficient (Wildman–Crippen LogP) is 17.5. The summed E-state index contributed by atoms with van der Waals surface area (Å²) in [7, 11) is 0. The van der Waals surface area contributed by atoms with Crippen LogP contribution in [0.15, 0.2) is 23.3 Å². The predicted molar refractivity (Wildman–Crippen MR) is 292 cm³/mol. The van der Waals surface area contributed by atoms with Gasteiger partial charge in [0.1, 0.15) is 12.2 Å². The highest BCUT2D eigenvalue weighted by Crippen LogP contribution is 2.67. The molecule has 69 heavy (non-hydrogen) atoms. The second-order valence-corrected chi connectivity index (χ2v) is 24.3. The van der Waals surface area contributed by atoms with Crippen LogP contribution in [0.3, 0.4) is 0 Å². The molecule has 0 spiro atoms.